The van der Waals surface area contributed by atoms with Gasteiger partial charge < -0.3 is 15.3 Å². The molecule has 0 bridgehead atoms. The lowest BCUT2D eigenvalue weighted by atomic mass is 9.99. The molecule has 0 spiro atoms. The van der Waals surface area contributed by atoms with E-state index in [0.29, 0.717) is 12.1 Å². The SMILES string of the molecule is [N-]=[N+]=NCCC(O)C(O)c1cc(F)c(C(=O)O)cc1F. The first-order valence-corrected chi connectivity index (χ1v) is 5.47. The monoisotopic (exact) mass is 287 g/mol. The maximum Gasteiger partial charge on any atom is 0.338 e. The Bertz CT molecular complexity index is 561. The maximum atomic E-state index is 13.6. The van der Waals surface area contributed by atoms with E-state index in [-0.39, 0.29) is 13.0 Å². The molecule has 0 aromatic heterocycles. The molecule has 0 saturated heterocycles. The Hall–Kier alpha value is -2.22. The third-order valence-corrected chi connectivity index (χ3v) is 2.59. The van der Waals surface area contributed by atoms with Gasteiger partial charge in [-0.1, -0.05) is 5.11 Å². The minimum atomic E-state index is -1.76. The molecule has 1 rings (SSSR count). The van der Waals surface area contributed by atoms with E-state index in [1.165, 1.54) is 0 Å². The van der Waals surface area contributed by atoms with Crippen LogP contribution in [0.2, 0.25) is 0 Å². The molecule has 0 amide bonds. The third-order valence-electron chi connectivity index (χ3n) is 2.59. The maximum absolute atomic E-state index is 13.6. The average molecular weight is 287 g/mol. The molecular weight excluding hydrogens is 276 g/mol. The van der Waals surface area contributed by atoms with E-state index in [9.17, 15) is 23.8 Å². The van der Waals surface area contributed by atoms with Gasteiger partial charge in [0.25, 0.3) is 0 Å². The summed E-state index contributed by atoms with van der Waals surface area (Å²) in [5.41, 5.74) is 6.61. The average Bonchev–Trinajstić information content (AvgIpc) is 2.40. The van der Waals surface area contributed by atoms with Gasteiger partial charge in [0.1, 0.15) is 17.7 Å². The van der Waals surface area contributed by atoms with Gasteiger partial charge in [-0.25, -0.2) is 13.6 Å². The number of halogens is 2. The van der Waals surface area contributed by atoms with Crippen molar-refractivity contribution in [3.05, 3.63) is 45.3 Å². The molecule has 0 aliphatic heterocycles. The number of nitrogens with zero attached hydrogens (tertiary/aromatic N) is 3. The molecule has 3 N–H and O–H groups in total. The number of hydrogen-bond donors (Lipinski definition) is 3. The predicted octanol–water partition coefficient (Wildman–Crippen LogP) is 1.76. The summed E-state index contributed by atoms with van der Waals surface area (Å²) in [6, 6.07) is 0.941. The van der Waals surface area contributed by atoms with Crippen LogP contribution in [0.4, 0.5) is 8.78 Å². The largest absolute Gasteiger partial charge is 0.478 e. The summed E-state index contributed by atoms with van der Waals surface area (Å²) >= 11 is 0. The van der Waals surface area contributed by atoms with Gasteiger partial charge in [0.2, 0.25) is 0 Å². The van der Waals surface area contributed by atoms with Crippen LogP contribution in [0.25, 0.3) is 10.4 Å². The van der Waals surface area contributed by atoms with Crippen molar-refractivity contribution >= 4 is 5.97 Å². The first kappa shape index (κ1) is 15.8. The highest BCUT2D eigenvalue weighted by Gasteiger charge is 2.24. The molecule has 20 heavy (non-hydrogen) atoms. The highest BCUT2D eigenvalue weighted by molar-refractivity contribution is 5.88. The first-order chi connectivity index (χ1) is 9.38. The highest BCUT2D eigenvalue weighted by atomic mass is 19.1. The van der Waals surface area contributed by atoms with E-state index in [1.807, 2.05) is 0 Å². The van der Waals surface area contributed by atoms with Gasteiger partial charge >= 0.3 is 5.97 Å². The third kappa shape index (κ3) is 3.64. The van der Waals surface area contributed by atoms with Crippen LogP contribution in [-0.2, 0) is 0 Å². The lowest BCUT2D eigenvalue weighted by Crippen LogP contribution is -2.21. The number of aromatic carboxylic acids is 1. The van der Waals surface area contributed by atoms with E-state index < -0.39 is 40.9 Å². The summed E-state index contributed by atoms with van der Waals surface area (Å²) in [6.07, 6.45) is -3.40. The van der Waals surface area contributed by atoms with Crippen molar-refractivity contribution in [2.75, 3.05) is 6.54 Å². The van der Waals surface area contributed by atoms with Gasteiger partial charge in [0.05, 0.1) is 11.7 Å². The molecule has 0 saturated carbocycles. The summed E-state index contributed by atoms with van der Waals surface area (Å²) in [6.45, 7) is -0.133. The van der Waals surface area contributed by atoms with E-state index in [2.05, 4.69) is 10.0 Å². The zero-order chi connectivity index (χ0) is 15.3. The minimum absolute atomic E-state index is 0.133. The van der Waals surface area contributed by atoms with Crippen molar-refractivity contribution < 1.29 is 28.9 Å². The van der Waals surface area contributed by atoms with Crippen molar-refractivity contribution in [1.29, 1.82) is 0 Å². The predicted molar refractivity (Wildman–Crippen MR) is 62.9 cm³/mol. The molecule has 2 atom stereocenters. The zero-order valence-electron chi connectivity index (χ0n) is 10.1. The molecule has 0 fully saturated rings. The lowest BCUT2D eigenvalue weighted by Gasteiger charge is -2.18. The van der Waals surface area contributed by atoms with E-state index in [0.717, 1.165) is 0 Å². The topological polar surface area (TPSA) is 127 Å². The Kier molecular flexibility index (Phi) is 5.39. The van der Waals surface area contributed by atoms with Gasteiger partial charge in [-0.05, 0) is 24.1 Å². The summed E-state index contributed by atoms with van der Waals surface area (Å²) < 4.78 is 27.0. The zero-order valence-corrected chi connectivity index (χ0v) is 10.1. The fourth-order valence-electron chi connectivity index (χ4n) is 1.55. The van der Waals surface area contributed by atoms with Crippen LogP contribution in [0.1, 0.15) is 28.4 Å². The number of aliphatic hydroxyl groups excluding tert-OH is 2. The van der Waals surface area contributed by atoms with E-state index in [1.54, 1.807) is 0 Å². The summed E-state index contributed by atoms with van der Waals surface area (Å²) in [5.74, 6) is -4.03. The van der Waals surface area contributed by atoms with Crippen LogP contribution in [0.3, 0.4) is 0 Å². The number of hydrogen-bond acceptors (Lipinski definition) is 4. The van der Waals surface area contributed by atoms with Crippen LogP contribution in [0.5, 0.6) is 0 Å². The number of rotatable bonds is 6. The smallest absolute Gasteiger partial charge is 0.338 e. The Balaban J connectivity index is 2.98. The molecule has 7 nitrogen and oxygen atoms in total. The number of aliphatic hydroxyl groups is 2. The molecule has 0 radical (unpaired) electrons. The lowest BCUT2D eigenvalue weighted by molar-refractivity contribution is 0.0128. The van der Waals surface area contributed by atoms with E-state index in [4.69, 9.17) is 10.6 Å². The van der Waals surface area contributed by atoms with Gasteiger partial charge in [0.15, 0.2) is 0 Å². The fourth-order valence-corrected chi connectivity index (χ4v) is 1.55. The van der Waals surface area contributed by atoms with Crippen molar-refractivity contribution in [3.8, 4) is 0 Å². The fraction of sp³-hybridized carbons (Fsp3) is 0.364. The Morgan fingerprint density at radius 3 is 2.55 bits per heavy atom. The van der Waals surface area contributed by atoms with E-state index >= 15 is 0 Å². The number of carboxylic acids is 1. The quantitative estimate of drug-likeness (QED) is 0.418. The van der Waals surface area contributed by atoms with Gasteiger partial charge in [0, 0.05) is 17.0 Å². The molecule has 0 aliphatic carbocycles. The number of carbonyl (C=O) groups is 1. The second-order valence-corrected chi connectivity index (χ2v) is 3.91. The van der Waals surface area contributed by atoms with Crippen LogP contribution >= 0.6 is 0 Å². The van der Waals surface area contributed by atoms with Crippen LogP contribution in [-0.4, -0.2) is 33.9 Å². The molecule has 0 aliphatic rings. The van der Waals surface area contributed by atoms with Crippen molar-refractivity contribution in [3.63, 3.8) is 0 Å². The Morgan fingerprint density at radius 2 is 2.00 bits per heavy atom. The number of carboxylic acid groups (broad SMARTS) is 1. The number of azide groups is 1. The summed E-state index contributed by atoms with van der Waals surface area (Å²) in [7, 11) is 0. The second-order valence-electron chi connectivity index (χ2n) is 3.91. The van der Waals surface area contributed by atoms with Crippen molar-refractivity contribution in [1.82, 2.24) is 0 Å². The molecule has 1 aromatic carbocycles. The molecule has 1 aromatic rings. The summed E-state index contributed by atoms with van der Waals surface area (Å²) in [5, 5.41) is 31.0. The van der Waals surface area contributed by atoms with Gasteiger partial charge in [-0.3, -0.25) is 0 Å². The Labute approximate surface area is 111 Å². The van der Waals surface area contributed by atoms with Crippen LogP contribution in [0, 0.1) is 11.6 Å². The van der Waals surface area contributed by atoms with Gasteiger partial charge in [-0.2, -0.15) is 0 Å². The van der Waals surface area contributed by atoms with Crippen molar-refractivity contribution in [2.24, 2.45) is 5.11 Å². The number of benzene rings is 1. The summed E-state index contributed by atoms with van der Waals surface area (Å²) in [4.78, 5) is 13.0. The Morgan fingerprint density at radius 1 is 1.35 bits per heavy atom. The second kappa shape index (κ2) is 6.80. The minimum Gasteiger partial charge on any atom is -0.478 e. The highest BCUT2D eigenvalue weighted by Crippen LogP contribution is 2.25. The molecule has 9 heteroatoms. The van der Waals surface area contributed by atoms with Gasteiger partial charge in [-0.15, -0.1) is 0 Å². The molecule has 2 unspecified atom stereocenters. The first-order valence-electron chi connectivity index (χ1n) is 5.47. The molecule has 0 heterocycles. The van der Waals surface area contributed by atoms with Crippen molar-refractivity contribution in [2.45, 2.75) is 18.6 Å². The standard InChI is InChI=1S/C11H11F2N3O4/c12-7-4-6(11(19)20)8(13)3-5(7)10(18)9(17)1-2-15-16-14/h3-4,9-10,17-18H,1-2H2,(H,19,20). The normalized spacial score (nSPS) is 13.4. The molecular formula is C11H11F2N3O4. The molecule has 108 valence electrons. The van der Waals surface area contributed by atoms with Crippen LogP contribution < -0.4 is 0 Å². The van der Waals surface area contributed by atoms with Crippen LogP contribution in [0.15, 0.2) is 17.2 Å².